The number of nitrogens with one attached hydrogen (secondary N) is 1. The largest absolute Gasteiger partial charge is 0.283 e. The van der Waals surface area contributed by atoms with E-state index in [1.807, 2.05) is 30.3 Å². The number of hydrogen-bond acceptors (Lipinski definition) is 4. The number of amidine groups is 2. The predicted molar refractivity (Wildman–Crippen MR) is 86.4 cm³/mol. The number of fused-ring (bicyclic) bond motifs is 1. The fourth-order valence-corrected chi connectivity index (χ4v) is 3.05. The van der Waals surface area contributed by atoms with E-state index >= 15 is 0 Å². The first-order valence-corrected chi connectivity index (χ1v) is 7.55. The molecule has 1 aromatic carbocycles. The van der Waals surface area contributed by atoms with Crippen molar-refractivity contribution in [2.45, 2.75) is 19.8 Å². The van der Waals surface area contributed by atoms with Crippen molar-refractivity contribution < 1.29 is 4.79 Å². The molecule has 0 spiro atoms. The fraction of sp³-hybridized carbons (Fsp3) is 0.200. The van der Waals surface area contributed by atoms with Gasteiger partial charge in [0.15, 0.2) is 5.84 Å². The van der Waals surface area contributed by atoms with Gasteiger partial charge in [-0.1, -0.05) is 37.3 Å². The first kappa shape index (κ1) is 13.8. The maximum Gasteiger partial charge on any atom is 0.283 e. The molecule has 0 aromatic heterocycles. The molecule has 3 rings (SSSR count). The molecule has 5 nitrogen and oxygen atoms in total. The summed E-state index contributed by atoms with van der Waals surface area (Å²) in [7, 11) is 0. The summed E-state index contributed by atoms with van der Waals surface area (Å²) in [5, 5.41) is 15.4. The lowest BCUT2D eigenvalue weighted by atomic mass is 10.1. The van der Waals surface area contributed by atoms with E-state index < -0.39 is 0 Å². The van der Waals surface area contributed by atoms with Crippen molar-refractivity contribution in [2.75, 3.05) is 0 Å². The smallest absolute Gasteiger partial charge is 0.282 e. The summed E-state index contributed by atoms with van der Waals surface area (Å²) in [4.78, 5) is 16.2. The molecular formula is C15H14N4OS. The quantitative estimate of drug-likeness (QED) is 0.872. The third-order valence-corrected chi connectivity index (χ3v) is 4.04. The highest BCUT2D eigenvalue weighted by Gasteiger charge is 2.35. The van der Waals surface area contributed by atoms with Crippen LogP contribution in [0.3, 0.4) is 0 Å². The molecule has 0 atom stereocenters. The van der Waals surface area contributed by atoms with Crippen molar-refractivity contribution in [3.05, 3.63) is 41.5 Å². The van der Waals surface area contributed by atoms with Crippen LogP contribution in [0.1, 0.15) is 25.3 Å². The molecule has 1 amide bonds. The average Bonchev–Trinajstić information content (AvgIpc) is 2.88. The minimum Gasteiger partial charge on any atom is -0.282 e. The molecular weight excluding hydrogens is 284 g/mol. The zero-order chi connectivity index (χ0) is 14.8. The maximum atomic E-state index is 12.1. The summed E-state index contributed by atoms with van der Waals surface area (Å²) in [5.41, 5.74) is 1.14. The molecule has 0 fully saturated rings. The number of aliphatic imine (C=N–C) groups is 1. The highest BCUT2D eigenvalue weighted by Crippen LogP contribution is 2.29. The molecule has 2 aliphatic rings. The van der Waals surface area contributed by atoms with Gasteiger partial charge < -0.3 is 0 Å². The number of hydrogen-bond donors (Lipinski definition) is 1. The minimum absolute atomic E-state index is 0.0902. The number of hydrazone groups is 1. The second kappa shape index (κ2) is 5.65. The Balaban J connectivity index is 1.94. The Bertz CT molecular complexity index is 691. The number of amides is 1. The number of carbonyl (C=O) groups excluding carboxylic acids is 1. The van der Waals surface area contributed by atoms with Crippen molar-refractivity contribution in [1.82, 2.24) is 5.01 Å². The number of benzene rings is 1. The van der Waals surface area contributed by atoms with Gasteiger partial charge in [-0.2, -0.15) is 15.1 Å². The Kier molecular flexibility index (Phi) is 3.70. The summed E-state index contributed by atoms with van der Waals surface area (Å²) in [5.74, 6) is -0.289. The summed E-state index contributed by atoms with van der Waals surface area (Å²) < 4.78 is 0. The van der Waals surface area contributed by atoms with Gasteiger partial charge in [0.1, 0.15) is 5.04 Å². The standard InChI is InChI=1S/C15H14N4OS/c1-2-6-12-18-19-13(16)11(14(20)17-15(19)21-12)9-10-7-4-3-5-8-10/h3-5,7-9,16H,2,6H2,1H3/b11-9-,16-13?. The van der Waals surface area contributed by atoms with Gasteiger partial charge in [0.25, 0.3) is 5.91 Å². The topological polar surface area (TPSA) is 68.9 Å². The SMILES string of the molecule is CCCC1=NN2C(=N)/C(=C/c3ccccc3)C(=O)N=C2S1. The third kappa shape index (κ3) is 2.67. The van der Waals surface area contributed by atoms with Gasteiger partial charge in [-0.05, 0) is 36.2 Å². The number of nitrogens with zero attached hydrogens (tertiary/aromatic N) is 3. The van der Waals surface area contributed by atoms with Crippen LogP contribution in [0, 0.1) is 5.41 Å². The zero-order valence-electron chi connectivity index (χ0n) is 11.5. The van der Waals surface area contributed by atoms with Gasteiger partial charge in [0, 0.05) is 0 Å². The molecule has 0 saturated heterocycles. The van der Waals surface area contributed by atoms with Crippen LogP contribution in [-0.2, 0) is 4.79 Å². The molecule has 0 radical (unpaired) electrons. The summed E-state index contributed by atoms with van der Waals surface area (Å²) >= 11 is 1.37. The van der Waals surface area contributed by atoms with Gasteiger partial charge in [-0.3, -0.25) is 10.2 Å². The first-order valence-electron chi connectivity index (χ1n) is 6.73. The lowest BCUT2D eigenvalue weighted by molar-refractivity contribution is -0.114. The number of rotatable bonds is 3. The lowest BCUT2D eigenvalue weighted by Crippen LogP contribution is -2.35. The minimum atomic E-state index is -0.379. The highest BCUT2D eigenvalue weighted by molar-refractivity contribution is 8.26. The van der Waals surface area contributed by atoms with Crippen molar-refractivity contribution in [3.8, 4) is 0 Å². The van der Waals surface area contributed by atoms with Crippen LogP contribution in [-0.4, -0.2) is 27.0 Å². The molecule has 0 aliphatic carbocycles. The van der Waals surface area contributed by atoms with Crippen LogP contribution >= 0.6 is 11.8 Å². The Morgan fingerprint density at radius 2 is 2.10 bits per heavy atom. The van der Waals surface area contributed by atoms with E-state index in [2.05, 4.69) is 17.0 Å². The van der Waals surface area contributed by atoms with Crippen molar-refractivity contribution >= 4 is 39.8 Å². The van der Waals surface area contributed by atoms with E-state index in [9.17, 15) is 4.79 Å². The molecule has 1 N–H and O–H groups in total. The number of thioether (sulfide) groups is 1. The second-order valence-corrected chi connectivity index (χ2v) is 5.71. The molecule has 2 heterocycles. The van der Waals surface area contributed by atoms with Crippen LogP contribution < -0.4 is 0 Å². The van der Waals surface area contributed by atoms with E-state index in [1.54, 1.807) is 6.08 Å². The fourth-order valence-electron chi connectivity index (χ4n) is 2.06. The van der Waals surface area contributed by atoms with E-state index in [0.717, 1.165) is 23.4 Å². The highest BCUT2D eigenvalue weighted by atomic mass is 32.2. The van der Waals surface area contributed by atoms with Crippen LogP contribution in [0.4, 0.5) is 0 Å². The Labute approximate surface area is 127 Å². The molecule has 6 heteroatoms. The Morgan fingerprint density at radius 1 is 1.33 bits per heavy atom. The third-order valence-electron chi connectivity index (χ3n) is 3.07. The molecule has 106 valence electrons. The molecule has 21 heavy (non-hydrogen) atoms. The second-order valence-electron chi connectivity index (χ2n) is 4.67. The van der Waals surface area contributed by atoms with Gasteiger partial charge in [-0.25, -0.2) is 0 Å². The Morgan fingerprint density at radius 3 is 2.81 bits per heavy atom. The van der Waals surface area contributed by atoms with Crippen LogP contribution in [0.15, 0.2) is 46.0 Å². The van der Waals surface area contributed by atoms with Gasteiger partial charge in [0.05, 0.1) is 5.57 Å². The monoisotopic (exact) mass is 298 g/mol. The Hall–Kier alpha value is -2.21. The van der Waals surface area contributed by atoms with Crippen molar-refractivity contribution in [2.24, 2.45) is 10.1 Å². The van der Waals surface area contributed by atoms with Crippen molar-refractivity contribution in [1.29, 1.82) is 5.41 Å². The van der Waals surface area contributed by atoms with Crippen LogP contribution in [0.2, 0.25) is 0 Å². The number of carbonyl (C=O) groups is 1. The summed E-state index contributed by atoms with van der Waals surface area (Å²) in [6.07, 6.45) is 3.49. The maximum absolute atomic E-state index is 12.1. The lowest BCUT2D eigenvalue weighted by Gasteiger charge is -2.20. The molecule has 0 unspecified atom stereocenters. The molecule has 0 bridgehead atoms. The van der Waals surface area contributed by atoms with Crippen molar-refractivity contribution in [3.63, 3.8) is 0 Å². The average molecular weight is 298 g/mol. The normalized spacial score (nSPS) is 19.7. The van der Waals surface area contributed by atoms with E-state index in [1.165, 1.54) is 16.8 Å². The summed E-state index contributed by atoms with van der Waals surface area (Å²) in [6, 6.07) is 9.46. The molecule has 2 aliphatic heterocycles. The van der Waals surface area contributed by atoms with E-state index in [-0.39, 0.29) is 17.3 Å². The van der Waals surface area contributed by atoms with Gasteiger partial charge in [0.2, 0.25) is 5.17 Å². The van der Waals surface area contributed by atoms with Gasteiger partial charge in [-0.15, -0.1) is 0 Å². The van der Waals surface area contributed by atoms with Crippen LogP contribution in [0.25, 0.3) is 6.08 Å². The van der Waals surface area contributed by atoms with Crippen LogP contribution in [0.5, 0.6) is 0 Å². The van der Waals surface area contributed by atoms with Gasteiger partial charge >= 0.3 is 0 Å². The first-order chi connectivity index (χ1) is 10.2. The van der Waals surface area contributed by atoms with E-state index in [0.29, 0.717) is 5.17 Å². The predicted octanol–water partition coefficient (Wildman–Crippen LogP) is 3.11. The molecule has 0 saturated carbocycles. The molecule has 1 aromatic rings. The zero-order valence-corrected chi connectivity index (χ0v) is 12.4. The summed E-state index contributed by atoms with van der Waals surface area (Å²) in [6.45, 7) is 2.07. The van der Waals surface area contributed by atoms with E-state index in [4.69, 9.17) is 5.41 Å².